The summed E-state index contributed by atoms with van der Waals surface area (Å²) in [6.07, 6.45) is 8.24. The zero-order valence-electron chi connectivity index (χ0n) is 18.8. The molecule has 0 radical (unpaired) electrons. The van der Waals surface area contributed by atoms with Crippen LogP contribution in [0.1, 0.15) is 35.6 Å². The summed E-state index contributed by atoms with van der Waals surface area (Å²) in [6, 6.07) is 16.9. The lowest BCUT2D eigenvalue weighted by molar-refractivity contribution is 0.572. The van der Waals surface area contributed by atoms with E-state index in [1.807, 2.05) is 37.3 Å². The van der Waals surface area contributed by atoms with E-state index in [1.165, 1.54) is 6.07 Å². The molecule has 0 fully saturated rings. The van der Waals surface area contributed by atoms with E-state index in [1.54, 1.807) is 18.3 Å². The van der Waals surface area contributed by atoms with Crippen LogP contribution in [0, 0.1) is 28.8 Å². The number of nitriles is 1. The molecule has 1 heterocycles. The van der Waals surface area contributed by atoms with Gasteiger partial charge >= 0.3 is 0 Å². The third kappa shape index (κ3) is 4.87. The van der Waals surface area contributed by atoms with Crippen LogP contribution in [-0.2, 0) is 19.3 Å². The molecule has 0 spiro atoms. The van der Waals surface area contributed by atoms with Crippen molar-refractivity contribution in [2.24, 2.45) is 0 Å². The first kappa shape index (κ1) is 23.3. The van der Waals surface area contributed by atoms with Gasteiger partial charge in [0.05, 0.1) is 5.69 Å². The zero-order chi connectivity index (χ0) is 24.1. The molecule has 2 nitrogen and oxygen atoms in total. The van der Waals surface area contributed by atoms with Gasteiger partial charge in [0.25, 0.3) is 0 Å². The largest absolute Gasteiger partial charge is 0.256 e. The molecule has 0 aliphatic rings. The van der Waals surface area contributed by atoms with E-state index < -0.39 is 17.2 Å². The summed E-state index contributed by atoms with van der Waals surface area (Å²) in [7, 11) is 0. The number of hydrogen-bond donors (Lipinski definition) is 0. The van der Waals surface area contributed by atoms with Crippen LogP contribution >= 0.6 is 0 Å². The van der Waals surface area contributed by atoms with Crippen molar-refractivity contribution in [2.45, 2.75) is 32.6 Å². The predicted octanol–water partition coefficient (Wildman–Crippen LogP) is 7.48. The van der Waals surface area contributed by atoms with Gasteiger partial charge in [-0.15, -0.1) is 0 Å². The lowest BCUT2D eigenvalue weighted by Gasteiger charge is -2.11. The highest BCUT2D eigenvalue weighted by Gasteiger charge is 2.13. The monoisotopic (exact) mass is 456 g/mol. The number of fused-ring (bicyclic) bond motifs is 1. The van der Waals surface area contributed by atoms with Gasteiger partial charge in [0.2, 0.25) is 0 Å². The van der Waals surface area contributed by atoms with E-state index in [0.29, 0.717) is 16.5 Å². The van der Waals surface area contributed by atoms with Crippen molar-refractivity contribution in [1.29, 1.82) is 5.26 Å². The van der Waals surface area contributed by atoms with E-state index in [9.17, 15) is 8.78 Å². The second-order valence-corrected chi connectivity index (χ2v) is 8.14. The highest BCUT2D eigenvalue weighted by atomic mass is 19.1. The number of allylic oxidation sites excluding steroid dienone is 2. The van der Waals surface area contributed by atoms with Crippen molar-refractivity contribution in [3.63, 3.8) is 0 Å². The Morgan fingerprint density at radius 2 is 1.71 bits per heavy atom. The lowest BCUT2D eigenvalue weighted by Crippen LogP contribution is -1.99. The Kier molecular flexibility index (Phi) is 7.08. The van der Waals surface area contributed by atoms with Gasteiger partial charge in [-0.2, -0.15) is 5.26 Å². The van der Waals surface area contributed by atoms with Crippen LogP contribution < -0.4 is 0 Å². The molecular weight excluding hydrogens is 433 g/mol. The van der Waals surface area contributed by atoms with Crippen LogP contribution in [0.25, 0.3) is 22.0 Å². The average Bonchev–Trinajstić information content (AvgIpc) is 2.84. The van der Waals surface area contributed by atoms with Gasteiger partial charge < -0.3 is 0 Å². The highest BCUT2D eigenvalue weighted by molar-refractivity contribution is 5.88. The molecule has 0 unspecified atom stereocenters. The first-order valence-electron chi connectivity index (χ1n) is 11.2. The molecule has 0 aliphatic heterocycles. The summed E-state index contributed by atoms with van der Waals surface area (Å²) in [5, 5.41) is 10.1. The van der Waals surface area contributed by atoms with Crippen LogP contribution in [0.15, 0.2) is 72.9 Å². The number of aryl methyl sites for hydroxylation is 3. The molecule has 1 aromatic heterocycles. The van der Waals surface area contributed by atoms with Gasteiger partial charge in [0.15, 0.2) is 0 Å². The van der Waals surface area contributed by atoms with Crippen LogP contribution in [0.3, 0.4) is 0 Å². The Morgan fingerprint density at radius 3 is 2.44 bits per heavy atom. The van der Waals surface area contributed by atoms with Crippen molar-refractivity contribution in [3.05, 3.63) is 113 Å². The minimum Gasteiger partial charge on any atom is -0.256 e. The van der Waals surface area contributed by atoms with Gasteiger partial charge in [0.1, 0.15) is 29.1 Å². The first-order chi connectivity index (χ1) is 16.5. The standard InChI is InChI=1S/C29H23F3N2/c1-2-3-4-6-21-7-5-14-34-29(21)23-12-13-24-22(17-23)11-10-20(28(24)32)9-8-19-15-26(30)25(18-33)27(31)16-19/h2-3,5,7,10-17H,4,6,8-9H2,1H3/b3-2+. The lowest BCUT2D eigenvalue weighted by atomic mass is 9.96. The van der Waals surface area contributed by atoms with Crippen molar-refractivity contribution in [3.8, 4) is 17.3 Å². The maximum atomic E-state index is 15.3. The number of aromatic nitrogens is 1. The number of benzene rings is 3. The van der Waals surface area contributed by atoms with Crippen molar-refractivity contribution >= 4 is 10.8 Å². The molecule has 4 aromatic rings. The summed E-state index contributed by atoms with van der Waals surface area (Å²) < 4.78 is 43.0. The van der Waals surface area contributed by atoms with Crippen molar-refractivity contribution in [1.82, 2.24) is 4.98 Å². The number of pyridine rings is 1. The summed E-state index contributed by atoms with van der Waals surface area (Å²) in [6.45, 7) is 2.00. The Balaban J connectivity index is 1.59. The Hall–Kier alpha value is -3.91. The Morgan fingerprint density at radius 1 is 0.912 bits per heavy atom. The van der Waals surface area contributed by atoms with Gasteiger partial charge in [-0.05, 0) is 78.9 Å². The van der Waals surface area contributed by atoms with Gasteiger partial charge in [-0.1, -0.05) is 42.5 Å². The van der Waals surface area contributed by atoms with E-state index >= 15 is 4.39 Å². The van der Waals surface area contributed by atoms with Crippen LogP contribution in [-0.4, -0.2) is 4.98 Å². The Bertz CT molecular complexity index is 1390. The zero-order valence-corrected chi connectivity index (χ0v) is 18.8. The second kappa shape index (κ2) is 10.4. The highest BCUT2D eigenvalue weighted by Crippen LogP contribution is 2.29. The number of halogens is 3. The fourth-order valence-corrected chi connectivity index (χ4v) is 4.14. The van der Waals surface area contributed by atoms with Crippen LogP contribution in [0.4, 0.5) is 13.2 Å². The molecule has 3 aromatic carbocycles. The third-order valence-corrected chi connectivity index (χ3v) is 5.91. The quantitative estimate of drug-likeness (QED) is 0.270. The van der Waals surface area contributed by atoms with E-state index in [-0.39, 0.29) is 18.7 Å². The number of hydrogen-bond acceptors (Lipinski definition) is 2. The normalized spacial score (nSPS) is 11.3. The maximum absolute atomic E-state index is 15.3. The molecule has 5 heteroatoms. The van der Waals surface area contributed by atoms with E-state index in [0.717, 1.165) is 47.2 Å². The van der Waals surface area contributed by atoms with E-state index in [4.69, 9.17) is 5.26 Å². The molecule has 170 valence electrons. The second-order valence-electron chi connectivity index (χ2n) is 8.14. The van der Waals surface area contributed by atoms with Gasteiger partial charge in [-0.25, -0.2) is 13.2 Å². The summed E-state index contributed by atoms with van der Waals surface area (Å²) in [4.78, 5) is 4.56. The molecule has 34 heavy (non-hydrogen) atoms. The van der Waals surface area contributed by atoms with Gasteiger partial charge in [0, 0.05) is 17.1 Å². The van der Waals surface area contributed by atoms with E-state index in [2.05, 4.69) is 17.1 Å². The predicted molar refractivity (Wildman–Crippen MR) is 129 cm³/mol. The molecule has 0 amide bonds. The first-order valence-corrected chi connectivity index (χ1v) is 11.2. The van der Waals surface area contributed by atoms with Crippen LogP contribution in [0.5, 0.6) is 0 Å². The number of rotatable bonds is 7. The molecule has 0 aliphatic carbocycles. The SMILES string of the molecule is C/C=C/CCc1cccnc1-c1ccc2c(F)c(CCc3cc(F)c(C#N)c(F)c3)ccc2c1. The molecule has 0 saturated carbocycles. The van der Waals surface area contributed by atoms with Crippen molar-refractivity contribution < 1.29 is 13.2 Å². The van der Waals surface area contributed by atoms with Crippen molar-refractivity contribution in [2.75, 3.05) is 0 Å². The number of nitrogens with zero attached hydrogens (tertiary/aromatic N) is 2. The molecule has 0 N–H and O–H groups in total. The smallest absolute Gasteiger partial charge is 0.144 e. The minimum absolute atomic E-state index is 0.254. The molecule has 0 saturated heterocycles. The fourth-order valence-electron chi connectivity index (χ4n) is 4.14. The maximum Gasteiger partial charge on any atom is 0.144 e. The average molecular weight is 457 g/mol. The summed E-state index contributed by atoms with van der Waals surface area (Å²) in [5.74, 6) is -2.14. The molecular formula is C29H23F3N2. The van der Waals surface area contributed by atoms with Gasteiger partial charge in [-0.3, -0.25) is 4.98 Å². The van der Waals surface area contributed by atoms with Crippen LogP contribution in [0.2, 0.25) is 0 Å². The summed E-state index contributed by atoms with van der Waals surface area (Å²) >= 11 is 0. The third-order valence-electron chi connectivity index (χ3n) is 5.91. The minimum atomic E-state index is -0.899. The molecule has 0 bridgehead atoms. The Labute approximate surface area is 197 Å². The summed E-state index contributed by atoms with van der Waals surface area (Å²) in [5.41, 5.74) is 3.20. The molecule has 0 atom stereocenters. The fraction of sp³-hybridized carbons (Fsp3) is 0.172. The topological polar surface area (TPSA) is 36.7 Å². The molecule has 4 rings (SSSR count).